The molecule has 1 aromatic heterocycles. The van der Waals surface area contributed by atoms with Crippen LogP contribution < -0.4 is 4.74 Å². The highest BCUT2D eigenvalue weighted by Crippen LogP contribution is 2.36. The van der Waals surface area contributed by atoms with E-state index in [-0.39, 0.29) is 4.47 Å². The summed E-state index contributed by atoms with van der Waals surface area (Å²) >= 11 is 2.86. The molecule has 0 amide bonds. The van der Waals surface area contributed by atoms with Crippen molar-refractivity contribution in [3.05, 3.63) is 21.9 Å². The Morgan fingerprint density at radius 3 is 2.67 bits per heavy atom. The van der Waals surface area contributed by atoms with Gasteiger partial charge in [-0.05, 0) is 15.9 Å². The lowest BCUT2D eigenvalue weighted by Crippen LogP contribution is -2.07. The Morgan fingerprint density at radius 2 is 2.27 bits per heavy atom. The summed E-state index contributed by atoms with van der Waals surface area (Å²) < 4.78 is 29.8. The van der Waals surface area contributed by atoms with E-state index >= 15 is 0 Å². The van der Waals surface area contributed by atoms with Crippen molar-refractivity contribution >= 4 is 21.9 Å². The van der Waals surface area contributed by atoms with Crippen LogP contribution in [0.4, 0.5) is 8.78 Å². The Labute approximate surface area is 92.0 Å². The SMILES string of the molecule is COc1c(C(=O)O)ncc(Br)c1C(F)F. The van der Waals surface area contributed by atoms with Crippen molar-refractivity contribution in [2.45, 2.75) is 6.43 Å². The van der Waals surface area contributed by atoms with Gasteiger partial charge < -0.3 is 9.84 Å². The van der Waals surface area contributed by atoms with E-state index in [0.29, 0.717) is 0 Å². The van der Waals surface area contributed by atoms with Gasteiger partial charge in [0.1, 0.15) is 0 Å². The number of carboxylic acids is 1. The third-order valence-corrected chi connectivity index (χ3v) is 2.28. The first kappa shape index (κ1) is 11.8. The third-order valence-electron chi connectivity index (χ3n) is 1.65. The molecule has 0 atom stereocenters. The first-order chi connectivity index (χ1) is 6.99. The number of hydrogen-bond acceptors (Lipinski definition) is 3. The highest BCUT2D eigenvalue weighted by atomic mass is 79.9. The lowest BCUT2D eigenvalue weighted by molar-refractivity contribution is 0.0685. The Morgan fingerprint density at radius 1 is 1.67 bits per heavy atom. The van der Waals surface area contributed by atoms with E-state index < -0.39 is 29.4 Å². The molecule has 0 saturated heterocycles. The van der Waals surface area contributed by atoms with E-state index in [2.05, 4.69) is 25.7 Å². The Balaban J connectivity index is 3.47. The van der Waals surface area contributed by atoms with E-state index in [0.717, 1.165) is 13.3 Å². The average molecular weight is 282 g/mol. The van der Waals surface area contributed by atoms with Crippen LogP contribution in [0.1, 0.15) is 22.5 Å². The predicted octanol–water partition coefficient (Wildman–Crippen LogP) is 2.49. The smallest absolute Gasteiger partial charge is 0.358 e. The molecule has 1 N–H and O–H groups in total. The summed E-state index contributed by atoms with van der Waals surface area (Å²) in [4.78, 5) is 14.2. The molecule has 4 nitrogen and oxygen atoms in total. The van der Waals surface area contributed by atoms with Crippen LogP contribution in [-0.2, 0) is 0 Å². The molecule has 0 unspecified atom stereocenters. The largest absolute Gasteiger partial charge is 0.494 e. The second-order valence-electron chi connectivity index (χ2n) is 2.51. The molecule has 0 fully saturated rings. The molecule has 0 aliphatic carbocycles. The molecule has 0 bridgehead atoms. The monoisotopic (exact) mass is 281 g/mol. The van der Waals surface area contributed by atoms with Gasteiger partial charge in [0, 0.05) is 10.7 Å². The summed E-state index contributed by atoms with van der Waals surface area (Å²) in [6.07, 6.45) is -1.83. The number of methoxy groups -OCH3 is 1. The van der Waals surface area contributed by atoms with Crippen LogP contribution >= 0.6 is 15.9 Å². The predicted molar refractivity (Wildman–Crippen MR) is 50.4 cm³/mol. The second-order valence-corrected chi connectivity index (χ2v) is 3.36. The molecule has 0 aliphatic heterocycles. The standard InChI is InChI=1S/C8H6BrF2NO3/c1-15-6-4(7(10)11)3(9)2-12-5(6)8(13)14/h2,7H,1H3,(H,13,14). The van der Waals surface area contributed by atoms with Crippen LogP contribution in [0, 0.1) is 0 Å². The zero-order valence-electron chi connectivity index (χ0n) is 7.50. The summed E-state index contributed by atoms with van der Waals surface area (Å²) in [6.45, 7) is 0. The quantitative estimate of drug-likeness (QED) is 0.925. The fraction of sp³-hybridized carbons (Fsp3) is 0.250. The maximum absolute atomic E-state index is 12.6. The van der Waals surface area contributed by atoms with E-state index in [1.807, 2.05) is 0 Å². The van der Waals surface area contributed by atoms with Crippen LogP contribution in [0.5, 0.6) is 5.75 Å². The van der Waals surface area contributed by atoms with Gasteiger partial charge in [0.05, 0.1) is 12.7 Å². The minimum absolute atomic E-state index is 0.0133. The molecule has 15 heavy (non-hydrogen) atoms. The van der Waals surface area contributed by atoms with Gasteiger partial charge in [0.25, 0.3) is 6.43 Å². The number of carboxylic acid groups (broad SMARTS) is 1. The Kier molecular flexibility index (Phi) is 3.57. The maximum Gasteiger partial charge on any atom is 0.358 e. The topological polar surface area (TPSA) is 59.4 Å². The van der Waals surface area contributed by atoms with Gasteiger partial charge in [0.15, 0.2) is 11.4 Å². The number of halogens is 3. The van der Waals surface area contributed by atoms with Crippen LogP contribution in [0.2, 0.25) is 0 Å². The van der Waals surface area contributed by atoms with Crippen molar-refractivity contribution in [3.8, 4) is 5.75 Å². The van der Waals surface area contributed by atoms with Gasteiger partial charge in [-0.2, -0.15) is 0 Å². The van der Waals surface area contributed by atoms with Gasteiger partial charge in [-0.15, -0.1) is 0 Å². The average Bonchev–Trinajstić information content (AvgIpc) is 2.15. The van der Waals surface area contributed by atoms with Crippen LogP contribution in [0.25, 0.3) is 0 Å². The molecule has 0 spiro atoms. The van der Waals surface area contributed by atoms with E-state index in [4.69, 9.17) is 5.11 Å². The fourth-order valence-electron chi connectivity index (χ4n) is 1.05. The van der Waals surface area contributed by atoms with Crippen molar-refractivity contribution in [2.24, 2.45) is 0 Å². The van der Waals surface area contributed by atoms with E-state index in [9.17, 15) is 13.6 Å². The fourth-order valence-corrected chi connectivity index (χ4v) is 1.50. The first-order valence-electron chi connectivity index (χ1n) is 3.72. The number of rotatable bonds is 3. The molecule has 1 heterocycles. The van der Waals surface area contributed by atoms with Crippen molar-refractivity contribution < 1.29 is 23.4 Å². The van der Waals surface area contributed by atoms with Crippen molar-refractivity contribution in [2.75, 3.05) is 7.11 Å². The molecule has 7 heteroatoms. The van der Waals surface area contributed by atoms with Crippen LogP contribution in [0.3, 0.4) is 0 Å². The lowest BCUT2D eigenvalue weighted by Gasteiger charge is -2.11. The summed E-state index contributed by atoms with van der Waals surface area (Å²) in [5.41, 5.74) is -1.04. The molecule has 0 saturated carbocycles. The third kappa shape index (κ3) is 2.23. The zero-order valence-corrected chi connectivity index (χ0v) is 9.09. The van der Waals surface area contributed by atoms with Gasteiger partial charge in [-0.25, -0.2) is 18.6 Å². The Hall–Kier alpha value is -1.24. The normalized spacial score (nSPS) is 10.5. The molecular weight excluding hydrogens is 276 g/mol. The van der Waals surface area contributed by atoms with Gasteiger partial charge in [0.2, 0.25) is 0 Å². The molecule has 0 aliphatic rings. The summed E-state index contributed by atoms with van der Waals surface area (Å²) in [5, 5.41) is 8.69. The maximum atomic E-state index is 12.6. The number of ether oxygens (including phenoxy) is 1. The summed E-state index contributed by atoms with van der Waals surface area (Å²) in [6, 6.07) is 0. The minimum atomic E-state index is -2.84. The van der Waals surface area contributed by atoms with Gasteiger partial charge in [-0.3, -0.25) is 0 Å². The first-order valence-corrected chi connectivity index (χ1v) is 4.52. The number of alkyl halides is 2. The molecule has 0 aromatic carbocycles. The Bertz CT molecular complexity index is 398. The molecule has 82 valence electrons. The number of nitrogens with zero attached hydrogens (tertiary/aromatic N) is 1. The van der Waals surface area contributed by atoms with E-state index in [1.165, 1.54) is 0 Å². The van der Waals surface area contributed by atoms with E-state index in [1.54, 1.807) is 0 Å². The number of pyridine rings is 1. The highest BCUT2D eigenvalue weighted by Gasteiger charge is 2.24. The van der Waals surface area contributed by atoms with Crippen molar-refractivity contribution in [1.29, 1.82) is 0 Å². The van der Waals surface area contributed by atoms with Crippen molar-refractivity contribution in [1.82, 2.24) is 4.98 Å². The number of aromatic carboxylic acids is 1. The highest BCUT2D eigenvalue weighted by molar-refractivity contribution is 9.10. The molecular formula is C8H6BrF2NO3. The summed E-state index contributed by atoms with van der Waals surface area (Å²) in [5.74, 6) is -1.84. The zero-order chi connectivity index (χ0) is 11.6. The van der Waals surface area contributed by atoms with Crippen LogP contribution in [-0.4, -0.2) is 23.2 Å². The lowest BCUT2D eigenvalue weighted by atomic mass is 10.2. The number of aromatic nitrogens is 1. The minimum Gasteiger partial charge on any atom is -0.494 e. The number of hydrogen-bond donors (Lipinski definition) is 1. The molecule has 1 aromatic rings. The van der Waals surface area contributed by atoms with Crippen molar-refractivity contribution in [3.63, 3.8) is 0 Å². The number of carbonyl (C=O) groups is 1. The van der Waals surface area contributed by atoms with Gasteiger partial charge >= 0.3 is 5.97 Å². The van der Waals surface area contributed by atoms with Crippen LogP contribution in [0.15, 0.2) is 10.7 Å². The second kappa shape index (κ2) is 4.52. The molecule has 0 radical (unpaired) electrons. The summed E-state index contributed by atoms with van der Waals surface area (Å²) in [7, 11) is 1.11. The molecule has 1 rings (SSSR count). The van der Waals surface area contributed by atoms with Gasteiger partial charge in [-0.1, -0.05) is 0 Å².